The number of rotatable bonds is 3. The Bertz CT molecular complexity index is 990. The first-order chi connectivity index (χ1) is 12.6. The van der Waals surface area contributed by atoms with Crippen LogP contribution in [0, 0.1) is 0 Å². The number of fused-ring (bicyclic) bond motifs is 1. The van der Waals surface area contributed by atoms with Crippen molar-refractivity contribution < 1.29 is 14.3 Å². The van der Waals surface area contributed by atoms with Crippen molar-refractivity contribution in [1.82, 2.24) is 19.5 Å². The molecular formula is C17H16ClN5O3. The van der Waals surface area contributed by atoms with Crippen molar-refractivity contribution in [2.24, 2.45) is 0 Å². The van der Waals surface area contributed by atoms with Crippen molar-refractivity contribution in [3.05, 3.63) is 35.9 Å². The number of pyridine rings is 1. The Balaban J connectivity index is 1.99. The molecule has 26 heavy (non-hydrogen) atoms. The van der Waals surface area contributed by atoms with Gasteiger partial charge in [0.2, 0.25) is 5.88 Å². The van der Waals surface area contributed by atoms with Crippen LogP contribution in [0.3, 0.4) is 0 Å². The van der Waals surface area contributed by atoms with E-state index >= 15 is 0 Å². The summed E-state index contributed by atoms with van der Waals surface area (Å²) in [5.74, 6) is 0.841. The highest BCUT2D eigenvalue weighted by molar-refractivity contribution is 6.30. The lowest BCUT2D eigenvalue weighted by atomic mass is 10.2. The zero-order valence-corrected chi connectivity index (χ0v) is 15.0. The predicted molar refractivity (Wildman–Crippen MR) is 96.0 cm³/mol. The van der Waals surface area contributed by atoms with E-state index in [0.29, 0.717) is 40.0 Å². The Morgan fingerprint density at radius 1 is 1.35 bits per heavy atom. The molecule has 0 aliphatic carbocycles. The molecule has 1 aliphatic heterocycles. The largest absolute Gasteiger partial charge is 0.480 e. The molecule has 3 aromatic rings. The van der Waals surface area contributed by atoms with Gasteiger partial charge in [-0.25, -0.2) is 15.0 Å². The molecule has 1 atom stereocenters. The minimum atomic E-state index is -0.132. The molecule has 0 saturated carbocycles. The van der Waals surface area contributed by atoms with Crippen LogP contribution in [-0.4, -0.2) is 51.8 Å². The van der Waals surface area contributed by atoms with Crippen LogP contribution >= 0.6 is 11.6 Å². The summed E-state index contributed by atoms with van der Waals surface area (Å²) in [6.07, 6.45) is 4.83. The molecule has 0 bridgehead atoms. The molecule has 9 heteroatoms. The number of halogens is 1. The van der Waals surface area contributed by atoms with E-state index in [1.54, 1.807) is 34.0 Å². The van der Waals surface area contributed by atoms with Crippen molar-refractivity contribution in [2.75, 3.05) is 25.2 Å². The van der Waals surface area contributed by atoms with Gasteiger partial charge in [0, 0.05) is 23.5 Å². The highest BCUT2D eigenvalue weighted by Crippen LogP contribution is 2.37. The van der Waals surface area contributed by atoms with E-state index in [4.69, 9.17) is 21.1 Å². The van der Waals surface area contributed by atoms with Crippen LogP contribution in [-0.2, 0) is 9.53 Å². The number of ether oxygens (including phenoxy) is 2. The molecule has 1 amide bonds. The van der Waals surface area contributed by atoms with Gasteiger partial charge in [0.05, 0.1) is 25.4 Å². The number of amides is 1. The number of anilines is 1. The molecule has 0 N–H and O–H groups in total. The average molecular weight is 374 g/mol. The molecule has 0 radical (unpaired) electrons. The summed E-state index contributed by atoms with van der Waals surface area (Å²) in [6.45, 7) is 2.40. The maximum Gasteiger partial charge on any atom is 0.253 e. The third kappa shape index (κ3) is 2.67. The lowest BCUT2D eigenvalue weighted by Gasteiger charge is -2.32. The summed E-state index contributed by atoms with van der Waals surface area (Å²) in [7, 11) is 1.53. The lowest BCUT2D eigenvalue weighted by Crippen LogP contribution is -2.48. The minimum Gasteiger partial charge on any atom is -0.480 e. The molecule has 4 rings (SSSR count). The molecule has 0 unspecified atom stereocenters. The van der Waals surface area contributed by atoms with Crippen molar-refractivity contribution in [3.8, 4) is 11.7 Å². The van der Waals surface area contributed by atoms with E-state index in [1.165, 1.54) is 13.4 Å². The summed E-state index contributed by atoms with van der Waals surface area (Å²) in [4.78, 5) is 27.2. The lowest BCUT2D eigenvalue weighted by molar-refractivity contribution is -0.127. The van der Waals surface area contributed by atoms with Crippen molar-refractivity contribution in [3.63, 3.8) is 0 Å². The van der Waals surface area contributed by atoms with Gasteiger partial charge >= 0.3 is 0 Å². The number of carbonyl (C=O) groups is 1. The predicted octanol–water partition coefficient (Wildman–Crippen LogP) is 2.23. The summed E-state index contributed by atoms with van der Waals surface area (Å²) in [5.41, 5.74) is 1.23. The van der Waals surface area contributed by atoms with Crippen LogP contribution in [0.15, 0.2) is 30.9 Å². The fraction of sp³-hybridized carbons (Fsp3) is 0.294. The van der Waals surface area contributed by atoms with E-state index in [0.717, 1.165) is 0 Å². The second kappa shape index (κ2) is 6.54. The smallest absolute Gasteiger partial charge is 0.253 e. The molecule has 1 aliphatic rings. The van der Waals surface area contributed by atoms with Crippen LogP contribution in [0.1, 0.15) is 6.92 Å². The zero-order chi connectivity index (χ0) is 18.3. The molecule has 0 spiro atoms. The van der Waals surface area contributed by atoms with E-state index in [-0.39, 0.29) is 18.6 Å². The third-order valence-corrected chi connectivity index (χ3v) is 4.46. The molecule has 1 fully saturated rings. The van der Waals surface area contributed by atoms with Gasteiger partial charge < -0.3 is 14.4 Å². The van der Waals surface area contributed by atoms with Crippen LogP contribution in [0.25, 0.3) is 16.9 Å². The maximum absolute atomic E-state index is 12.5. The van der Waals surface area contributed by atoms with Crippen LogP contribution in [0.2, 0.25) is 5.02 Å². The first-order valence-electron chi connectivity index (χ1n) is 8.02. The SMILES string of the molecule is COc1ncnc2c1c(N1C(=O)COC[C@H]1C)cn2-c1cc(Cl)ccn1. The maximum atomic E-state index is 12.5. The van der Waals surface area contributed by atoms with Gasteiger partial charge in [-0.3, -0.25) is 9.36 Å². The fourth-order valence-corrected chi connectivity index (χ4v) is 3.29. The van der Waals surface area contributed by atoms with E-state index in [9.17, 15) is 4.79 Å². The van der Waals surface area contributed by atoms with Crippen molar-refractivity contribution >= 4 is 34.2 Å². The summed E-state index contributed by atoms with van der Waals surface area (Å²) >= 11 is 6.11. The minimum absolute atomic E-state index is 0.0302. The summed E-state index contributed by atoms with van der Waals surface area (Å²) in [5, 5.41) is 1.19. The molecule has 0 aromatic carbocycles. The topological polar surface area (TPSA) is 82.4 Å². The first kappa shape index (κ1) is 16.7. The van der Waals surface area contributed by atoms with Crippen molar-refractivity contribution in [2.45, 2.75) is 13.0 Å². The number of methoxy groups -OCH3 is 1. The Labute approximate surface area is 154 Å². The van der Waals surface area contributed by atoms with Gasteiger partial charge in [-0.1, -0.05) is 11.6 Å². The summed E-state index contributed by atoms with van der Waals surface area (Å²) < 4.78 is 12.5. The van der Waals surface area contributed by atoms with Gasteiger partial charge in [0.15, 0.2) is 5.65 Å². The molecule has 4 heterocycles. The number of nitrogens with zero attached hydrogens (tertiary/aromatic N) is 5. The van der Waals surface area contributed by atoms with Gasteiger partial charge in [0.1, 0.15) is 24.1 Å². The van der Waals surface area contributed by atoms with Gasteiger partial charge in [-0.15, -0.1) is 0 Å². The van der Waals surface area contributed by atoms with Crippen LogP contribution in [0.5, 0.6) is 5.88 Å². The molecular weight excluding hydrogens is 358 g/mol. The highest BCUT2D eigenvalue weighted by atomic mass is 35.5. The van der Waals surface area contributed by atoms with E-state index in [2.05, 4.69) is 15.0 Å². The van der Waals surface area contributed by atoms with Crippen LogP contribution in [0.4, 0.5) is 5.69 Å². The Kier molecular flexibility index (Phi) is 4.21. The number of hydrogen-bond acceptors (Lipinski definition) is 6. The summed E-state index contributed by atoms with van der Waals surface area (Å²) in [6, 6.07) is 3.29. The normalized spacial score (nSPS) is 17.7. The first-order valence-corrected chi connectivity index (χ1v) is 8.39. The average Bonchev–Trinajstić information content (AvgIpc) is 3.01. The fourth-order valence-electron chi connectivity index (χ4n) is 3.13. The van der Waals surface area contributed by atoms with Gasteiger partial charge in [0.25, 0.3) is 5.91 Å². The Hall–Kier alpha value is -2.71. The molecule has 3 aromatic heterocycles. The van der Waals surface area contributed by atoms with Crippen molar-refractivity contribution in [1.29, 1.82) is 0 Å². The molecule has 8 nitrogen and oxygen atoms in total. The second-order valence-corrected chi connectivity index (χ2v) is 6.36. The van der Waals surface area contributed by atoms with Gasteiger partial charge in [-0.05, 0) is 13.0 Å². The van der Waals surface area contributed by atoms with E-state index < -0.39 is 0 Å². The standard InChI is InChI=1S/C17H16ClN5O3/c1-10-7-26-8-14(24)23(10)12-6-22(13-5-11(18)3-4-19-13)16-15(12)17(25-2)21-9-20-16/h3-6,9-10H,7-8H2,1-2H3/t10-/m1/s1. The third-order valence-electron chi connectivity index (χ3n) is 4.23. The Morgan fingerprint density at radius 3 is 2.92 bits per heavy atom. The number of carbonyl (C=O) groups excluding carboxylic acids is 1. The number of morpholine rings is 1. The highest BCUT2D eigenvalue weighted by Gasteiger charge is 2.31. The zero-order valence-electron chi connectivity index (χ0n) is 14.2. The molecule has 1 saturated heterocycles. The monoisotopic (exact) mass is 373 g/mol. The molecule has 134 valence electrons. The quantitative estimate of drug-likeness (QED) is 0.700. The number of aromatic nitrogens is 4. The van der Waals surface area contributed by atoms with Gasteiger partial charge in [-0.2, -0.15) is 0 Å². The second-order valence-electron chi connectivity index (χ2n) is 5.93. The number of hydrogen-bond donors (Lipinski definition) is 0. The van der Waals surface area contributed by atoms with Crippen LogP contribution < -0.4 is 9.64 Å². The Morgan fingerprint density at radius 2 is 2.19 bits per heavy atom. The van der Waals surface area contributed by atoms with E-state index in [1.807, 2.05) is 6.92 Å².